The molecular weight excluding hydrogens is 663 g/mol. The van der Waals surface area contributed by atoms with Gasteiger partial charge in [-0.3, -0.25) is 19.2 Å². The Labute approximate surface area is 277 Å². The van der Waals surface area contributed by atoms with Crippen molar-refractivity contribution in [1.82, 2.24) is 16.0 Å². The van der Waals surface area contributed by atoms with Gasteiger partial charge in [0, 0.05) is 24.8 Å². The largest absolute Gasteiger partial charge is 0.497 e. The third-order valence-electron chi connectivity index (χ3n) is 7.42. The molecule has 15 heteroatoms. The number of amides is 3. The highest BCUT2D eigenvalue weighted by molar-refractivity contribution is 6.10. The van der Waals surface area contributed by atoms with Crippen LogP contribution >= 0.6 is 0 Å². The van der Waals surface area contributed by atoms with E-state index in [1.165, 1.54) is 21.0 Å². The lowest BCUT2D eigenvalue weighted by Crippen LogP contribution is -2.59. The van der Waals surface area contributed by atoms with Crippen molar-refractivity contribution in [3.63, 3.8) is 0 Å². The second kappa shape index (κ2) is 16.4. The molecule has 0 aliphatic carbocycles. The third kappa shape index (κ3) is 11.0. The summed E-state index contributed by atoms with van der Waals surface area (Å²) in [5.74, 6) is -14.9. The molecule has 3 N–H and O–H groups in total. The van der Waals surface area contributed by atoms with Crippen molar-refractivity contribution in [2.24, 2.45) is 5.92 Å². The molecule has 0 saturated carbocycles. The summed E-state index contributed by atoms with van der Waals surface area (Å²) in [4.78, 5) is 51.8. The predicted molar refractivity (Wildman–Crippen MR) is 164 cm³/mol. The van der Waals surface area contributed by atoms with Gasteiger partial charge in [-0.2, -0.15) is 22.0 Å². The average molecular weight is 698 g/mol. The van der Waals surface area contributed by atoms with E-state index in [0.717, 1.165) is 17.4 Å². The fraction of sp³-hybridized carbons (Fsp3) is 0.353. The summed E-state index contributed by atoms with van der Waals surface area (Å²) in [5, 5.41) is 5.60. The van der Waals surface area contributed by atoms with Crippen molar-refractivity contribution in [1.29, 1.82) is 0 Å². The molecule has 3 amide bonds. The summed E-state index contributed by atoms with van der Waals surface area (Å²) in [7, 11) is 1.43. The number of alkyl halides is 5. The van der Waals surface area contributed by atoms with Crippen molar-refractivity contribution in [2.45, 2.75) is 56.8 Å². The monoisotopic (exact) mass is 697 g/mol. The van der Waals surface area contributed by atoms with Gasteiger partial charge in [0.1, 0.15) is 30.0 Å². The van der Waals surface area contributed by atoms with Gasteiger partial charge >= 0.3 is 12.1 Å². The Morgan fingerprint density at radius 2 is 1.39 bits per heavy atom. The van der Waals surface area contributed by atoms with Gasteiger partial charge in [0.15, 0.2) is 0 Å². The first-order chi connectivity index (χ1) is 22.9. The van der Waals surface area contributed by atoms with Gasteiger partial charge in [0.05, 0.1) is 13.2 Å². The normalized spacial score (nSPS) is 13.6. The Balaban J connectivity index is 1.90. The molecule has 0 aliphatic heterocycles. The minimum Gasteiger partial charge on any atom is -0.497 e. The van der Waals surface area contributed by atoms with Crippen LogP contribution in [0.2, 0.25) is 0 Å². The topological polar surface area (TPSA) is 114 Å². The highest BCUT2D eigenvalue weighted by atomic mass is 19.4. The zero-order chi connectivity index (χ0) is 36.5. The van der Waals surface area contributed by atoms with Gasteiger partial charge in [-0.1, -0.05) is 56.3 Å². The minimum atomic E-state index is -5.03. The number of halogens is 7. The summed E-state index contributed by atoms with van der Waals surface area (Å²) < 4.78 is 101. The van der Waals surface area contributed by atoms with E-state index < -0.39 is 84.1 Å². The molecule has 0 fully saturated rings. The molecule has 3 atom stereocenters. The van der Waals surface area contributed by atoms with Crippen LogP contribution < -0.4 is 20.7 Å². The molecule has 0 bridgehead atoms. The van der Waals surface area contributed by atoms with Gasteiger partial charge in [-0.25, -0.2) is 8.78 Å². The van der Waals surface area contributed by atoms with Crippen LogP contribution in [0.3, 0.4) is 0 Å². The maximum atomic E-state index is 14.8. The molecule has 264 valence electrons. The van der Waals surface area contributed by atoms with Crippen LogP contribution in [0.4, 0.5) is 30.7 Å². The number of ketones is 1. The van der Waals surface area contributed by atoms with Gasteiger partial charge in [0.25, 0.3) is 5.91 Å². The van der Waals surface area contributed by atoms with E-state index in [4.69, 9.17) is 4.74 Å². The lowest BCUT2D eigenvalue weighted by Gasteiger charge is -2.28. The van der Waals surface area contributed by atoms with Crippen LogP contribution in [0.25, 0.3) is 0 Å². The van der Waals surface area contributed by atoms with Crippen molar-refractivity contribution in [3.05, 3.63) is 101 Å². The molecule has 49 heavy (non-hydrogen) atoms. The molecule has 0 spiro atoms. The van der Waals surface area contributed by atoms with Crippen LogP contribution in [0.1, 0.15) is 42.9 Å². The Hall–Kier alpha value is -4.95. The Morgan fingerprint density at radius 1 is 0.796 bits per heavy atom. The Bertz CT molecular complexity index is 1600. The molecule has 3 aromatic rings. The third-order valence-corrected chi connectivity index (χ3v) is 7.42. The van der Waals surface area contributed by atoms with Crippen LogP contribution in [0.15, 0.2) is 72.8 Å². The minimum absolute atomic E-state index is 0.0957. The fourth-order valence-electron chi connectivity index (χ4n) is 4.93. The summed E-state index contributed by atoms with van der Waals surface area (Å²) in [6.45, 7) is 0.405. The molecule has 0 saturated heterocycles. The molecule has 3 unspecified atom stereocenters. The van der Waals surface area contributed by atoms with Gasteiger partial charge < -0.3 is 20.7 Å². The molecular formula is C34H34F7N3O5. The van der Waals surface area contributed by atoms with E-state index in [1.807, 2.05) is 0 Å². The molecule has 0 radical (unpaired) electrons. The molecule has 0 heterocycles. The van der Waals surface area contributed by atoms with Crippen LogP contribution in [0.5, 0.6) is 5.75 Å². The van der Waals surface area contributed by atoms with Crippen molar-refractivity contribution < 1.29 is 54.6 Å². The fourth-order valence-corrected chi connectivity index (χ4v) is 4.93. The Morgan fingerprint density at radius 3 is 1.92 bits per heavy atom. The van der Waals surface area contributed by atoms with Crippen LogP contribution in [0, 0.1) is 17.6 Å². The molecule has 8 nitrogen and oxygen atoms in total. The quantitative estimate of drug-likeness (QED) is 0.149. The lowest BCUT2D eigenvalue weighted by atomic mass is 9.87. The predicted octanol–water partition coefficient (Wildman–Crippen LogP) is 5.25. The maximum absolute atomic E-state index is 14.8. The van der Waals surface area contributed by atoms with Crippen molar-refractivity contribution >= 4 is 23.5 Å². The SMILES string of the molecule is COc1ccc(C(CC(=O)NC(Cc2ccccc2)C(=O)NC(C(=O)C(F)(F)C(=O)NCC(F)(F)F)C(C)C)c2cc(F)cc(F)c2)cc1. The number of Topliss-reactive ketones (excluding diaryl/α,β-unsaturated/α-hetero) is 1. The maximum Gasteiger partial charge on any atom is 0.405 e. The van der Waals surface area contributed by atoms with E-state index in [0.29, 0.717) is 22.9 Å². The lowest BCUT2D eigenvalue weighted by molar-refractivity contribution is -0.165. The highest BCUT2D eigenvalue weighted by Gasteiger charge is 2.52. The first-order valence-corrected chi connectivity index (χ1v) is 14.9. The second-order valence-electron chi connectivity index (χ2n) is 11.5. The van der Waals surface area contributed by atoms with E-state index in [2.05, 4.69) is 10.6 Å². The first kappa shape index (κ1) is 38.5. The van der Waals surface area contributed by atoms with Gasteiger partial charge in [-0.05, 0) is 46.9 Å². The Kier molecular flexibility index (Phi) is 12.9. The van der Waals surface area contributed by atoms with Gasteiger partial charge in [-0.15, -0.1) is 0 Å². The number of methoxy groups -OCH3 is 1. The zero-order valence-electron chi connectivity index (χ0n) is 26.5. The summed E-state index contributed by atoms with van der Waals surface area (Å²) >= 11 is 0. The number of benzene rings is 3. The van der Waals surface area contributed by atoms with E-state index in [1.54, 1.807) is 54.6 Å². The molecule has 3 aromatic carbocycles. The first-order valence-electron chi connectivity index (χ1n) is 14.9. The highest BCUT2D eigenvalue weighted by Crippen LogP contribution is 2.31. The van der Waals surface area contributed by atoms with E-state index in [9.17, 15) is 49.9 Å². The van der Waals surface area contributed by atoms with E-state index >= 15 is 0 Å². The van der Waals surface area contributed by atoms with Crippen molar-refractivity contribution in [3.8, 4) is 5.75 Å². The van der Waals surface area contributed by atoms with Gasteiger partial charge in [0.2, 0.25) is 17.6 Å². The number of carbonyl (C=O) groups is 4. The molecule has 0 aliphatic rings. The van der Waals surface area contributed by atoms with Crippen molar-refractivity contribution in [2.75, 3.05) is 13.7 Å². The number of hydrogen-bond acceptors (Lipinski definition) is 5. The summed E-state index contributed by atoms with van der Waals surface area (Å²) in [6.07, 6.45) is -5.68. The number of carbonyl (C=O) groups excluding carboxylic acids is 4. The number of nitrogens with one attached hydrogen (secondary N) is 3. The average Bonchev–Trinajstić information content (AvgIpc) is 3.03. The molecule has 3 rings (SSSR count). The van der Waals surface area contributed by atoms with E-state index in [-0.39, 0.29) is 12.0 Å². The second-order valence-corrected chi connectivity index (χ2v) is 11.5. The number of hydrogen-bond donors (Lipinski definition) is 3. The smallest absolute Gasteiger partial charge is 0.405 e. The number of rotatable bonds is 15. The zero-order valence-corrected chi connectivity index (χ0v) is 26.5. The standard InChI is InChI=1S/C34H34F7N3O5/c1-19(2)29(30(46)34(40,41)32(48)42-18-33(37,38)39)44-31(47)27(13-20-7-5-4-6-8-20)43-28(45)17-26(21-9-11-25(49-3)12-10-21)22-14-23(35)16-24(36)15-22/h4-12,14-16,19,26-27,29H,13,17-18H2,1-3H3,(H,42,48)(H,43,45)(H,44,47). The summed E-state index contributed by atoms with van der Waals surface area (Å²) in [5.41, 5.74) is 1.06. The van der Waals surface area contributed by atoms with Crippen LogP contribution in [-0.2, 0) is 25.6 Å². The summed E-state index contributed by atoms with van der Waals surface area (Å²) in [6, 6.07) is 13.6. The molecule has 0 aromatic heterocycles. The van der Waals surface area contributed by atoms with Crippen LogP contribution in [-0.4, -0.2) is 61.3 Å². The number of ether oxygens (including phenoxy) is 1.